The Balaban J connectivity index is 2.38. The molecule has 0 N–H and O–H groups in total. The molecule has 0 bridgehead atoms. The van der Waals surface area contributed by atoms with Gasteiger partial charge in [0.05, 0.1) is 11.3 Å². The van der Waals surface area contributed by atoms with Crippen molar-refractivity contribution in [2.24, 2.45) is 0 Å². The lowest BCUT2D eigenvalue weighted by Crippen LogP contribution is -2.38. The summed E-state index contributed by atoms with van der Waals surface area (Å²) in [4.78, 5) is 12.2. The largest absolute Gasteiger partial charge is 0.297 e. The first-order valence-electron chi connectivity index (χ1n) is 6.04. The highest BCUT2D eigenvalue weighted by atomic mass is 35.5. The SMILES string of the molecule is O=C(CCl)C1(c2ccc(Cl)cc2)CCCCC1. The van der Waals surface area contributed by atoms with Gasteiger partial charge >= 0.3 is 0 Å². The first kappa shape index (κ1) is 12.9. The molecule has 0 saturated heterocycles. The van der Waals surface area contributed by atoms with Gasteiger partial charge in [-0.3, -0.25) is 4.79 Å². The van der Waals surface area contributed by atoms with Crippen LogP contribution < -0.4 is 0 Å². The van der Waals surface area contributed by atoms with Crippen LogP contribution in [0.25, 0.3) is 0 Å². The Labute approximate surface area is 112 Å². The van der Waals surface area contributed by atoms with Crippen LogP contribution >= 0.6 is 23.2 Å². The van der Waals surface area contributed by atoms with Crippen molar-refractivity contribution in [1.29, 1.82) is 0 Å². The molecule has 0 amide bonds. The molecule has 0 heterocycles. The van der Waals surface area contributed by atoms with Crippen LogP contribution in [-0.4, -0.2) is 11.7 Å². The minimum absolute atomic E-state index is 0.0998. The monoisotopic (exact) mass is 270 g/mol. The van der Waals surface area contributed by atoms with Crippen molar-refractivity contribution >= 4 is 29.0 Å². The molecule has 3 heteroatoms. The number of rotatable bonds is 3. The van der Waals surface area contributed by atoms with E-state index >= 15 is 0 Å². The number of Topliss-reactive ketones (excluding diaryl/α,β-unsaturated/α-hetero) is 1. The molecule has 1 fully saturated rings. The van der Waals surface area contributed by atoms with E-state index in [4.69, 9.17) is 23.2 Å². The molecule has 92 valence electrons. The van der Waals surface area contributed by atoms with E-state index in [1.165, 1.54) is 6.42 Å². The molecule has 0 radical (unpaired) electrons. The Bertz CT molecular complexity index is 391. The summed E-state index contributed by atoms with van der Waals surface area (Å²) < 4.78 is 0. The highest BCUT2D eigenvalue weighted by molar-refractivity contribution is 6.30. The lowest BCUT2D eigenvalue weighted by molar-refractivity contribution is -0.123. The number of halogens is 2. The van der Waals surface area contributed by atoms with Gasteiger partial charge in [0.15, 0.2) is 5.78 Å². The number of ketones is 1. The van der Waals surface area contributed by atoms with Crippen molar-refractivity contribution in [2.75, 3.05) is 5.88 Å². The van der Waals surface area contributed by atoms with Gasteiger partial charge in [-0.05, 0) is 30.5 Å². The molecule has 1 aliphatic carbocycles. The predicted octanol–water partition coefficient (Wildman–Crippen LogP) is 4.35. The Morgan fingerprint density at radius 2 is 1.71 bits per heavy atom. The van der Waals surface area contributed by atoms with Crippen LogP contribution in [-0.2, 0) is 10.2 Å². The van der Waals surface area contributed by atoms with Crippen molar-refractivity contribution in [1.82, 2.24) is 0 Å². The molecule has 1 saturated carbocycles. The second-order valence-corrected chi connectivity index (χ2v) is 5.41. The fourth-order valence-electron chi connectivity index (χ4n) is 2.78. The third-order valence-electron chi connectivity index (χ3n) is 3.76. The van der Waals surface area contributed by atoms with Gasteiger partial charge in [0.1, 0.15) is 0 Å². The molecule has 0 aliphatic heterocycles. The topological polar surface area (TPSA) is 17.1 Å². The lowest BCUT2D eigenvalue weighted by atomic mass is 9.67. The van der Waals surface area contributed by atoms with Gasteiger partial charge in [-0.15, -0.1) is 11.6 Å². The van der Waals surface area contributed by atoms with Crippen molar-refractivity contribution in [3.05, 3.63) is 34.9 Å². The standard InChI is InChI=1S/C14H16Cl2O/c15-10-13(17)14(8-2-1-3-9-14)11-4-6-12(16)7-5-11/h4-7H,1-3,8-10H2. The van der Waals surface area contributed by atoms with Gasteiger partial charge in [-0.25, -0.2) is 0 Å². The Morgan fingerprint density at radius 1 is 1.12 bits per heavy atom. The Kier molecular flexibility index (Phi) is 4.11. The minimum Gasteiger partial charge on any atom is -0.297 e. The van der Waals surface area contributed by atoms with Crippen LogP contribution in [0.5, 0.6) is 0 Å². The average molecular weight is 271 g/mol. The highest BCUT2D eigenvalue weighted by Gasteiger charge is 2.39. The first-order chi connectivity index (χ1) is 8.19. The summed E-state index contributed by atoms with van der Waals surface area (Å²) >= 11 is 11.7. The van der Waals surface area contributed by atoms with Crippen molar-refractivity contribution in [2.45, 2.75) is 37.5 Å². The number of carbonyl (C=O) groups is 1. The van der Waals surface area contributed by atoms with Crippen molar-refractivity contribution in [3.63, 3.8) is 0 Å². The van der Waals surface area contributed by atoms with E-state index in [-0.39, 0.29) is 17.1 Å². The number of alkyl halides is 1. The summed E-state index contributed by atoms with van der Waals surface area (Å²) in [6.45, 7) is 0. The van der Waals surface area contributed by atoms with Gasteiger partial charge < -0.3 is 0 Å². The molecule has 0 aromatic heterocycles. The summed E-state index contributed by atoms with van der Waals surface area (Å²) in [5.41, 5.74) is 0.720. The van der Waals surface area contributed by atoms with Gasteiger partial charge in [0.25, 0.3) is 0 Å². The van der Waals surface area contributed by atoms with Gasteiger partial charge in [-0.2, -0.15) is 0 Å². The molecular formula is C14H16Cl2O. The molecule has 1 nitrogen and oxygen atoms in total. The number of benzene rings is 1. The summed E-state index contributed by atoms with van der Waals surface area (Å²) in [6.07, 6.45) is 5.25. The predicted molar refractivity (Wildman–Crippen MR) is 71.9 cm³/mol. The zero-order chi connectivity index (χ0) is 12.3. The smallest absolute Gasteiger partial charge is 0.158 e. The second-order valence-electron chi connectivity index (χ2n) is 4.71. The molecule has 1 aliphatic rings. The molecule has 0 unspecified atom stereocenters. The van der Waals surface area contributed by atoms with E-state index in [0.717, 1.165) is 31.2 Å². The van der Waals surface area contributed by atoms with Crippen LogP contribution in [0.3, 0.4) is 0 Å². The third kappa shape index (κ3) is 2.51. The first-order valence-corrected chi connectivity index (χ1v) is 6.95. The lowest BCUT2D eigenvalue weighted by Gasteiger charge is -2.36. The van der Waals surface area contributed by atoms with E-state index in [1.807, 2.05) is 24.3 Å². The van der Waals surface area contributed by atoms with E-state index in [9.17, 15) is 4.79 Å². The molecule has 0 atom stereocenters. The van der Waals surface area contributed by atoms with Gasteiger partial charge in [-0.1, -0.05) is 43.0 Å². The summed E-state index contributed by atoms with van der Waals surface area (Å²) in [7, 11) is 0. The number of carbonyl (C=O) groups excluding carboxylic acids is 1. The molecule has 2 rings (SSSR count). The second kappa shape index (κ2) is 5.41. The van der Waals surface area contributed by atoms with Crippen molar-refractivity contribution in [3.8, 4) is 0 Å². The molecule has 1 aromatic rings. The maximum Gasteiger partial charge on any atom is 0.158 e. The quantitative estimate of drug-likeness (QED) is 0.747. The molecule has 0 spiro atoms. The minimum atomic E-state index is -0.357. The maximum atomic E-state index is 12.2. The van der Waals surface area contributed by atoms with E-state index < -0.39 is 0 Å². The Morgan fingerprint density at radius 3 is 2.24 bits per heavy atom. The highest BCUT2D eigenvalue weighted by Crippen LogP contribution is 2.40. The average Bonchev–Trinajstić information content (AvgIpc) is 2.39. The summed E-state index contributed by atoms with van der Waals surface area (Å²) in [6, 6.07) is 7.65. The van der Waals surface area contributed by atoms with E-state index in [0.29, 0.717) is 5.02 Å². The van der Waals surface area contributed by atoms with Crippen LogP contribution in [0.15, 0.2) is 24.3 Å². The number of hydrogen-bond donors (Lipinski definition) is 0. The van der Waals surface area contributed by atoms with Gasteiger partial charge in [0.2, 0.25) is 0 Å². The zero-order valence-electron chi connectivity index (χ0n) is 9.72. The van der Waals surface area contributed by atoms with Crippen LogP contribution in [0.1, 0.15) is 37.7 Å². The van der Waals surface area contributed by atoms with E-state index in [1.54, 1.807) is 0 Å². The van der Waals surface area contributed by atoms with Crippen molar-refractivity contribution < 1.29 is 4.79 Å². The fraction of sp³-hybridized carbons (Fsp3) is 0.500. The van der Waals surface area contributed by atoms with Gasteiger partial charge in [0, 0.05) is 5.02 Å². The number of hydrogen-bond acceptors (Lipinski definition) is 1. The molecule has 17 heavy (non-hydrogen) atoms. The zero-order valence-corrected chi connectivity index (χ0v) is 11.2. The van der Waals surface area contributed by atoms with Crippen LogP contribution in [0, 0.1) is 0 Å². The maximum absolute atomic E-state index is 12.2. The third-order valence-corrected chi connectivity index (χ3v) is 4.25. The summed E-state index contributed by atoms with van der Waals surface area (Å²) in [5.74, 6) is 0.254. The molecule has 1 aromatic carbocycles. The van der Waals surface area contributed by atoms with Crippen LogP contribution in [0.2, 0.25) is 5.02 Å². The van der Waals surface area contributed by atoms with E-state index in [2.05, 4.69) is 0 Å². The fourth-order valence-corrected chi connectivity index (χ4v) is 3.16. The normalized spacial score (nSPS) is 18.9. The summed E-state index contributed by atoms with van der Waals surface area (Å²) in [5, 5.41) is 0.707. The Hall–Kier alpha value is -0.530. The van der Waals surface area contributed by atoms with Crippen LogP contribution in [0.4, 0.5) is 0 Å². The molecular weight excluding hydrogens is 255 g/mol.